The predicted molar refractivity (Wildman–Crippen MR) is 95.3 cm³/mol. The number of ether oxygens (including phenoxy) is 1. The van der Waals surface area contributed by atoms with Crippen molar-refractivity contribution in [3.8, 4) is 22.8 Å². The molecule has 0 saturated carbocycles. The van der Waals surface area contributed by atoms with Gasteiger partial charge in [-0.2, -0.15) is 0 Å². The lowest BCUT2D eigenvalue weighted by molar-refractivity contribution is 0.0697. The molecule has 0 saturated heterocycles. The molecule has 0 amide bonds. The van der Waals surface area contributed by atoms with Gasteiger partial charge in [-0.15, -0.1) is 11.3 Å². The zero-order valence-corrected chi connectivity index (χ0v) is 14.1. The molecule has 2 aromatic carbocycles. The normalized spacial score (nSPS) is 11.7. The minimum atomic E-state index is -0.950. The number of nitrogens with one attached hydrogen (secondary N) is 1. The largest absolute Gasteiger partial charge is 0.504 e. The number of fused-ring (bicyclic) bond motifs is 3. The predicted octanol–water partition coefficient (Wildman–Crippen LogP) is 3.87. The molecule has 0 aliphatic heterocycles. The highest BCUT2D eigenvalue weighted by Crippen LogP contribution is 2.45. The standard InChI is InChI=1S/C18H14N2O4S/c1-24-14-8-12-10(6-13(14)21)7-15-16(12)20-18(25-15)19-11-4-2-9(3-5-11)17(22)23/h2-6,8,21H,7H2,1H3,(H,19,20)(H,22,23). The maximum Gasteiger partial charge on any atom is 0.335 e. The lowest BCUT2D eigenvalue weighted by atomic mass is 10.1. The van der Waals surface area contributed by atoms with Crippen LogP contribution in [0.5, 0.6) is 11.5 Å². The number of hydrogen-bond donors (Lipinski definition) is 3. The summed E-state index contributed by atoms with van der Waals surface area (Å²) in [4.78, 5) is 16.7. The van der Waals surface area contributed by atoms with E-state index in [1.807, 2.05) is 6.07 Å². The number of phenolic OH excluding ortho intramolecular Hbond substituents is 1. The van der Waals surface area contributed by atoms with Gasteiger partial charge in [0.1, 0.15) is 0 Å². The van der Waals surface area contributed by atoms with Crippen LogP contribution in [0.1, 0.15) is 20.8 Å². The molecule has 0 fully saturated rings. The van der Waals surface area contributed by atoms with Crippen LogP contribution in [0.15, 0.2) is 36.4 Å². The van der Waals surface area contributed by atoms with Crippen LogP contribution >= 0.6 is 11.3 Å². The van der Waals surface area contributed by atoms with E-state index >= 15 is 0 Å². The highest BCUT2D eigenvalue weighted by molar-refractivity contribution is 7.16. The van der Waals surface area contributed by atoms with Crippen LogP contribution in [0.2, 0.25) is 0 Å². The number of carboxylic acid groups (broad SMARTS) is 1. The van der Waals surface area contributed by atoms with Gasteiger partial charge in [-0.05, 0) is 42.0 Å². The maximum atomic E-state index is 10.9. The molecule has 4 rings (SSSR count). The summed E-state index contributed by atoms with van der Waals surface area (Å²) >= 11 is 1.54. The van der Waals surface area contributed by atoms with Crippen molar-refractivity contribution >= 4 is 28.1 Å². The van der Waals surface area contributed by atoms with Crippen molar-refractivity contribution in [3.63, 3.8) is 0 Å². The Morgan fingerprint density at radius 2 is 2.04 bits per heavy atom. The molecule has 0 bridgehead atoms. The number of hydrogen-bond acceptors (Lipinski definition) is 6. The van der Waals surface area contributed by atoms with Crippen LogP contribution in [0.3, 0.4) is 0 Å². The Balaban J connectivity index is 1.62. The number of aromatic carboxylic acids is 1. The topological polar surface area (TPSA) is 91.7 Å². The van der Waals surface area contributed by atoms with E-state index in [2.05, 4.69) is 10.3 Å². The fraction of sp³-hybridized carbons (Fsp3) is 0.111. The molecule has 0 unspecified atom stereocenters. The molecule has 0 spiro atoms. The van der Waals surface area contributed by atoms with Gasteiger partial charge >= 0.3 is 5.97 Å². The maximum absolute atomic E-state index is 10.9. The first kappa shape index (κ1) is 15.5. The summed E-state index contributed by atoms with van der Waals surface area (Å²) < 4.78 is 5.18. The SMILES string of the molecule is COc1cc2c(cc1O)Cc1sc(Nc3ccc(C(=O)O)cc3)nc1-2. The molecule has 1 aromatic heterocycles. The molecule has 126 valence electrons. The van der Waals surface area contributed by atoms with Crippen LogP contribution in [0, 0.1) is 0 Å². The molecule has 7 heteroatoms. The van der Waals surface area contributed by atoms with Crippen molar-refractivity contribution in [3.05, 3.63) is 52.4 Å². The number of thiazole rings is 1. The van der Waals surface area contributed by atoms with Gasteiger partial charge in [-0.25, -0.2) is 9.78 Å². The third kappa shape index (κ3) is 2.68. The van der Waals surface area contributed by atoms with E-state index in [-0.39, 0.29) is 11.3 Å². The number of methoxy groups -OCH3 is 1. The number of phenols is 1. The zero-order valence-electron chi connectivity index (χ0n) is 13.2. The zero-order chi connectivity index (χ0) is 17.6. The Hall–Kier alpha value is -3.06. The fourth-order valence-electron chi connectivity index (χ4n) is 2.87. The van der Waals surface area contributed by atoms with E-state index in [1.54, 1.807) is 41.7 Å². The quantitative estimate of drug-likeness (QED) is 0.515. The second kappa shape index (κ2) is 5.78. The number of nitrogens with zero attached hydrogens (tertiary/aromatic N) is 1. The summed E-state index contributed by atoms with van der Waals surface area (Å²) in [5, 5.41) is 22.8. The molecule has 3 aromatic rings. The summed E-state index contributed by atoms with van der Waals surface area (Å²) in [7, 11) is 1.52. The monoisotopic (exact) mass is 354 g/mol. The van der Waals surface area contributed by atoms with Crippen molar-refractivity contribution in [1.82, 2.24) is 4.98 Å². The molecule has 25 heavy (non-hydrogen) atoms. The van der Waals surface area contributed by atoms with Crippen molar-refractivity contribution in [2.75, 3.05) is 12.4 Å². The molecule has 0 atom stereocenters. The van der Waals surface area contributed by atoms with E-state index in [9.17, 15) is 9.90 Å². The van der Waals surface area contributed by atoms with Crippen LogP contribution < -0.4 is 10.1 Å². The molecule has 1 aliphatic rings. The average Bonchev–Trinajstić information content (AvgIpc) is 3.11. The Morgan fingerprint density at radius 3 is 2.72 bits per heavy atom. The second-order valence-electron chi connectivity index (χ2n) is 5.66. The van der Waals surface area contributed by atoms with Gasteiger partial charge < -0.3 is 20.3 Å². The third-order valence-electron chi connectivity index (χ3n) is 4.09. The summed E-state index contributed by atoms with van der Waals surface area (Å²) in [6.07, 6.45) is 0.722. The highest BCUT2D eigenvalue weighted by Gasteiger charge is 2.25. The summed E-state index contributed by atoms with van der Waals surface area (Å²) in [5.74, 6) is -0.389. The molecular formula is C18H14N2O4S. The van der Waals surface area contributed by atoms with Gasteiger partial charge in [0.05, 0.1) is 18.4 Å². The molecule has 3 N–H and O–H groups in total. The van der Waals surface area contributed by atoms with Gasteiger partial charge in [0.25, 0.3) is 0 Å². The van der Waals surface area contributed by atoms with Crippen LogP contribution in [-0.2, 0) is 6.42 Å². The molecule has 1 heterocycles. The Labute approximate surface area is 147 Å². The number of benzene rings is 2. The van der Waals surface area contributed by atoms with E-state index in [0.717, 1.165) is 38.9 Å². The highest BCUT2D eigenvalue weighted by atomic mass is 32.1. The third-order valence-corrected chi connectivity index (χ3v) is 5.06. The van der Waals surface area contributed by atoms with Crippen molar-refractivity contribution in [1.29, 1.82) is 0 Å². The molecule has 0 radical (unpaired) electrons. The Bertz CT molecular complexity index is 979. The number of anilines is 2. The molecular weight excluding hydrogens is 340 g/mol. The molecule has 1 aliphatic carbocycles. The van der Waals surface area contributed by atoms with Crippen molar-refractivity contribution in [2.45, 2.75) is 6.42 Å². The van der Waals surface area contributed by atoms with E-state index in [0.29, 0.717) is 5.75 Å². The van der Waals surface area contributed by atoms with Crippen molar-refractivity contribution in [2.24, 2.45) is 0 Å². The number of aromatic nitrogens is 1. The first-order chi connectivity index (χ1) is 12.0. The summed E-state index contributed by atoms with van der Waals surface area (Å²) in [5.41, 5.74) is 3.91. The van der Waals surface area contributed by atoms with Crippen molar-refractivity contribution < 1.29 is 19.7 Å². The van der Waals surface area contributed by atoms with Crippen LogP contribution in [0.4, 0.5) is 10.8 Å². The number of rotatable bonds is 4. The number of aromatic hydroxyl groups is 1. The van der Waals surface area contributed by atoms with Crippen LogP contribution in [0.25, 0.3) is 11.3 Å². The van der Waals surface area contributed by atoms with E-state index in [1.165, 1.54) is 7.11 Å². The van der Waals surface area contributed by atoms with Crippen LogP contribution in [-0.4, -0.2) is 28.3 Å². The smallest absolute Gasteiger partial charge is 0.335 e. The summed E-state index contributed by atoms with van der Waals surface area (Å²) in [6, 6.07) is 10.1. The van der Waals surface area contributed by atoms with Gasteiger partial charge in [-0.3, -0.25) is 0 Å². The minimum Gasteiger partial charge on any atom is -0.504 e. The summed E-state index contributed by atoms with van der Waals surface area (Å²) in [6.45, 7) is 0. The van der Waals surface area contributed by atoms with Gasteiger partial charge in [0, 0.05) is 22.5 Å². The lowest BCUT2D eigenvalue weighted by Crippen LogP contribution is -1.96. The second-order valence-corrected chi connectivity index (χ2v) is 6.74. The van der Waals surface area contributed by atoms with Gasteiger partial charge in [-0.1, -0.05) is 0 Å². The fourth-order valence-corrected chi connectivity index (χ4v) is 3.89. The number of carbonyl (C=O) groups is 1. The average molecular weight is 354 g/mol. The number of carboxylic acids is 1. The van der Waals surface area contributed by atoms with Gasteiger partial charge in [0.2, 0.25) is 0 Å². The van der Waals surface area contributed by atoms with Gasteiger partial charge in [0.15, 0.2) is 16.6 Å². The molecule has 6 nitrogen and oxygen atoms in total. The van der Waals surface area contributed by atoms with E-state index < -0.39 is 5.97 Å². The Kier molecular flexibility index (Phi) is 3.58. The van der Waals surface area contributed by atoms with E-state index in [4.69, 9.17) is 9.84 Å². The minimum absolute atomic E-state index is 0.133. The first-order valence-corrected chi connectivity index (χ1v) is 8.37. The first-order valence-electron chi connectivity index (χ1n) is 7.55. The lowest BCUT2D eigenvalue weighted by Gasteiger charge is -2.07. The Morgan fingerprint density at radius 1 is 1.28 bits per heavy atom.